The van der Waals surface area contributed by atoms with Crippen molar-refractivity contribution in [1.29, 1.82) is 0 Å². The Labute approximate surface area is 180 Å². The Morgan fingerprint density at radius 1 is 1.16 bits per heavy atom. The number of guanidine groups is 1. The summed E-state index contributed by atoms with van der Waals surface area (Å²) >= 11 is 0. The van der Waals surface area contributed by atoms with Crippen LogP contribution in [0.1, 0.15) is 5.56 Å². The van der Waals surface area contributed by atoms with Crippen LogP contribution in [-0.2, 0) is 20.8 Å². The van der Waals surface area contributed by atoms with Crippen molar-refractivity contribution in [3.8, 4) is 0 Å². The molecule has 8 N–H and O–H groups in total. The van der Waals surface area contributed by atoms with Gasteiger partial charge in [-0.3, -0.25) is 5.32 Å². The minimum Gasteiger partial charge on any atom is -0.444 e. The number of aliphatic hydroxyl groups excluding tert-OH is 4. The second-order valence-corrected chi connectivity index (χ2v) is 8.37. The van der Waals surface area contributed by atoms with Gasteiger partial charge in [-0.05, 0) is 5.56 Å². The lowest BCUT2D eigenvalue weighted by Crippen LogP contribution is -2.95. The van der Waals surface area contributed by atoms with Crippen molar-refractivity contribution in [3.05, 3.63) is 35.9 Å². The molecule has 4 fully saturated rings. The lowest BCUT2D eigenvalue weighted by atomic mass is 9.55. The van der Waals surface area contributed by atoms with E-state index in [0.29, 0.717) is 0 Å². The molecule has 174 valence electrons. The lowest BCUT2D eigenvalue weighted by molar-refractivity contribution is -0.548. The zero-order chi connectivity index (χ0) is 22.9. The van der Waals surface area contributed by atoms with Crippen LogP contribution in [0.3, 0.4) is 0 Å². The Morgan fingerprint density at radius 2 is 1.84 bits per heavy atom. The van der Waals surface area contributed by atoms with Gasteiger partial charge in [0.05, 0.1) is 12.5 Å². The number of amides is 1. The van der Waals surface area contributed by atoms with Crippen molar-refractivity contribution >= 4 is 12.1 Å². The predicted molar refractivity (Wildman–Crippen MR) is 101 cm³/mol. The maximum absolute atomic E-state index is 12.2. The zero-order valence-electron chi connectivity index (χ0n) is 16.5. The first-order valence-electron chi connectivity index (χ1n) is 9.95. The highest BCUT2D eigenvalue weighted by Crippen LogP contribution is 2.58. The van der Waals surface area contributed by atoms with E-state index < -0.39 is 66.4 Å². The third kappa shape index (κ3) is 2.74. The number of aliphatic imine (C=N–C) groups is 1. The minimum atomic E-state index is -2.64. The van der Waals surface area contributed by atoms with Crippen LogP contribution in [0.15, 0.2) is 35.3 Å². The highest BCUT2D eigenvalue weighted by atomic mass is 16.9. The van der Waals surface area contributed by atoms with Gasteiger partial charge in [-0.25, -0.2) is 9.79 Å². The molecule has 4 heterocycles. The lowest BCUT2D eigenvalue weighted by Gasteiger charge is -2.71. The summed E-state index contributed by atoms with van der Waals surface area (Å²) in [6.07, 6.45) is -9.41. The summed E-state index contributed by atoms with van der Waals surface area (Å²) in [4.78, 5) is 16.1. The largest absolute Gasteiger partial charge is 0.444 e. The second kappa shape index (κ2) is 7.07. The van der Waals surface area contributed by atoms with Crippen LogP contribution in [-0.4, -0.2) is 97.1 Å². The van der Waals surface area contributed by atoms with E-state index in [2.05, 4.69) is 15.6 Å². The van der Waals surface area contributed by atoms with E-state index in [1.165, 1.54) is 0 Å². The maximum atomic E-state index is 12.2. The SMILES string of the molecule is O=C(NC1=NC(O)C2C3OC4(O)OC(C(O)C2(N1)[C@@H]4O)C3(O)CO)OCc1ccccc1. The standard InChI is InChI=1S/C19H23N3O10/c23-7-17(28)11-9-13(25)20-15(21-16(27)30-6-8-4-2-1-3-5-8)22-18(9)10(24)12(17)32-19(29,31-11)14(18)26/h1-5,9-14,23-26,28-29H,6-7H2,(H2,20,21,22,27)/t9?,10?,11?,12?,13?,14-,17?,18?,19?/m0/s1. The summed E-state index contributed by atoms with van der Waals surface area (Å²) in [5, 5.41) is 68.8. The molecule has 0 aromatic heterocycles. The monoisotopic (exact) mass is 453 g/mol. The van der Waals surface area contributed by atoms with E-state index in [9.17, 15) is 35.4 Å². The molecule has 1 aromatic rings. The molecular weight excluding hydrogens is 430 g/mol. The predicted octanol–water partition coefficient (Wildman–Crippen LogP) is -3.55. The van der Waals surface area contributed by atoms with Crippen LogP contribution in [0.5, 0.6) is 0 Å². The number of alkyl carbamates (subject to hydrolysis) is 1. The first kappa shape index (κ1) is 21.5. The molecule has 13 nitrogen and oxygen atoms in total. The Bertz CT molecular complexity index is 949. The molecule has 9 atom stereocenters. The smallest absolute Gasteiger partial charge is 0.414 e. The molecule has 1 aliphatic carbocycles. The fourth-order valence-corrected chi connectivity index (χ4v) is 5.13. The highest BCUT2D eigenvalue weighted by molar-refractivity contribution is 5.95. The van der Waals surface area contributed by atoms with Crippen LogP contribution >= 0.6 is 0 Å². The third-order valence-electron chi connectivity index (χ3n) is 6.63. The van der Waals surface area contributed by atoms with Crippen molar-refractivity contribution in [2.45, 2.75) is 54.4 Å². The van der Waals surface area contributed by atoms with E-state index in [1.54, 1.807) is 24.3 Å². The molecule has 0 radical (unpaired) electrons. The van der Waals surface area contributed by atoms with E-state index in [-0.39, 0.29) is 12.6 Å². The van der Waals surface area contributed by atoms with Gasteiger partial charge >= 0.3 is 12.1 Å². The number of nitrogens with one attached hydrogen (secondary N) is 2. The summed E-state index contributed by atoms with van der Waals surface area (Å²) in [7, 11) is 0. The van der Waals surface area contributed by atoms with E-state index >= 15 is 0 Å². The van der Waals surface area contributed by atoms with Gasteiger partial charge in [-0.1, -0.05) is 30.3 Å². The number of benzene rings is 1. The summed E-state index contributed by atoms with van der Waals surface area (Å²) in [5.41, 5.74) is -3.41. The molecule has 8 unspecified atom stereocenters. The first-order valence-corrected chi connectivity index (χ1v) is 9.95. The average molecular weight is 453 g/mol. The molecule has 3 saturated heterocycles. The topological polar surface area (TPSA) is 203 Å². The Hall–Kier alpha value is -2.36. The van der Waals surface area contributed by atoms with E-state index in [0.717, 1.165) is 5.56 Å². The second-order valence-electron chi connectivity index (χ2n) is 8.37. The molecule has 13 heteroatoms. The van der Waals surface area contributed by atoms with Gasteiger partial charge in [0.2, 0.25) is 5.96 Å². The highest BCUT2D eigenvalue weighted by Gasteiger charge is 2.83. The van der Waals surface area contributed by atoms with Gasteiger partial charge in [0, 0.05) is 0 Å². The van der Waals surface area contributed by atoms with Crippen molar-refractivity contribution in [1.82, 2.24) is 10.6 Å². The van der Waals surface area contributed by atoms with Crippen LogP contribution in [0, 0.1) is 5.92 Å². The van der Waals surface area contributed by atoms with Crippen LogP contribution in [0.4, 0.5) is 4.79 Å². The molecule has 1 amide bonds. The molecule has 1 saturated carbocycles. The molecule has 6 rings (SSSR count). The van der Waals surface area contributed by atoms with Crippen molar-refractivity contribution in [3.63, 3.8) is 0 Å². The number of hydrogen-bond acceptors (Lipinski definition) is 12. The fraction of sp³-hybridized carbons (Fsp3) is 0.579. The molecule has 4 aliphatic heterocycles. The summed E-state index contributed by atoms with van der Waals surface area (Å²) < 4.78 is 15.6. The molecule has 4 bridgehead atoms. The minimum absolute atomic E-state index is 0.0450. The Morgan fingerprint density at radius 3 is 2.53 bits per heavy atom. The first-order chi connectivity index (χ1) is 15.2. The van der Waals surface area contributed by atoms with Gasteiger partial charge in [0.15, 0.2) is 12.3 Å². The van der Waals surface area contributed by atoms with Crippen molar-refractivity contribution in [2.75, 3.05) is 6.61 Å². The quantitative estimate of drug-likeness (QED) is 0.225. The number of aliphatic hydroxyl groups is 6. The van der Waals surface area contributed by atoms with Crippen molar-refractivity contribution in [2.24, 2.45) is 10.9 Å². The molecule has 32 heavy (non-hydrogen) atoms. The number of hydrogen-bond donors (Lipinski definition) is 8. The van der Waals surface area contributed by atoms with Gasteiger partial charge in [-0.2, -0.15) is 0 Å². The molecular formula is C19H23N3O10. The molecule has 5 aliphatic rings. The fourth-order valence-electron chi connectivity index (χ4n) is 5.13. The Balaban J connectivity index is 1.42. The summed E-state index contributed by atoms with van der Waals surface area (Å²) in [5.74, 6) is -4.31. The number of ether oxygens (including phenoxy) is 3. The number of carbonyl (C=O) groups is 1. The normalized spacial score (nSPS) is 46.1. The average Bonchev–Trinajstić information content (AvgIpc) is 2.77. The number of nitrogens with zero attached hydrogens (tertiary/aromatic N) is 1. The maximum Gasteiger partial charge on any atom is 0.414 e. The van der Waals surface area contributed by atoms with Crippen LogP contribution < -0.4 is 10.6 Å². The van der Waals surface area contributed by atoms with Gasteiger partial charge in [-0.15, -0.1) is 0 Å². The Kier molecular flexibility index (Phi) is 4.75. The van der Waals surface area contributed by atoms with Crippen LogP contribution in [0.25, 0.3) is 0 Å². The number of rotatable bonds is 3. The van der Waals surface area contributed by atoms with E-state index in [1.807, 2.05) is 6.07 Å². The van der Waals surface area contributed by atoms with Crippen LogP contribution in [0.2, 0.25) is 0 Å². The summed E-state index contributed by atoms with van der Waals surface area (Å²) in [6.45, 7) is -0.970. The van der Waals surface area contributed by atoms with Gasteiger partial charge in [0.1, 0.15) is 36.1 Å². The van der Waals surface area contributed by atoms with Gasteiger partial charge < -0.3 is 50.2 Å². The zero-order valence-corrected chi connectivity index (χ0v) is 16.5. The third-order valence-corrected chi connectivity index (χ3v) is 6.63. The molecule has 1 spiro atoms. The van der Waals surface area contributed by atoms with Gasteiger partial charge in [0.25, 0.3) is 0 Å². The van der Waals surface area contributed by atoms with E-state index in [4.69, 9.17) is 14.2 Å². The van der Waals surface area contributed by atoms with Crippen molar-refractivity contribution < 1.29 is 49.6 Å². The summed E-state index contributed by atoms with van der Waals surface area (Å²) in [6, 6.07) is 8.87. The molecule has 1 aromatic carbocycles. The number of carbonyl (C=O) groups excluding carboxylic acids is 1.